The Bertz CT molecular complexity index is 428. The van der Waals surface area contributed by atoms with Crippen molar-refractivity contribution in [1.82, 2.24) is 14.6 Å². The molecule has 2 aromatic heterocycles. The lowest BCUT2D eigenvalue weighted by Gasteiger charge is -1.98. The molecule has 0 unspecified atom stereocenters. The Labute approximate surface area is 70.4 Å². The third-order valence-corrected chi connectivity index (χ3v) is 1.76. The minimum atomic E-state index is 0.857. The Morgan fingerprint density at radius 1 is 1.58 bits per heavy atom. The standard InChI is InChI=1S/C9H9N3/c1-3-8-4-7(2)5-12-9(8)10-6-11-12/h3-6H,1H2,2H3. The van der Waals surface area contributed by atoms with Crippen molar-refractivity contribution in [3.05, 3.63) is 36.3 Å². The predicted octanol–water partition coefficient (Wildman–Crippen LogP) is 1.68. The van der Waals surface area contributed by atoms with Crippen molar-refractivity contribution in [2.24, 2.45) is 0 Å². The molecule has 0 N–H and O–H groups in total. The fourth-order valence-corrected chi connectivity index (χ4v) is 1.24. The average Bonchev–Trinajstić information content (AvgIpc) is 2.50. The van der Waals surface area contributed by atoms with Gasteiger partial charge in [0.2, 0.25) is 0 Å². The monoisotopic (exact) mass is 159 g/mol. The van der Waals surface area contributed by atoms with E-state index in [1.54, 1.807) is 16.9 Å². The lowest BCUT2D eigenvalue weighted by atomic mass is 10.2. The summed E-state index contributed by atoms with van der Waals surface area (Å²) in [5.74, 6) is 0. The zero-order valence-corrected chi connectivity index (χ0v) is 6.86. The molecule has 2 rings (SSSR count). The predicted molar refractivity (Wildman–Crippen MR) is 47.8 cm³/mol. The zero-order valence-electron chi connectivity index (χ0n) is 6.86. The van der Waals surface area contributed by atoms with E-state index < -0.39 is 0 Å². The van der Waals surface area contributed by atoms with Crippen LogP contribution in [0.3, 0.4) is 0 Å². The highest BCUT2D eigenvalue weighted by Crippen LogP contribution is 2.10. The fraction of sp³-hybridized carbons (Fsp3) is 0.111. The third kappa shape index (κ3) is 0.906. The lowest BCUT2D eigenvalue weighted by molar-refractivity contribution is 0.950. The third-order valence-electron chi connectivity index (χ3n) is 1.76. The van der Waals surface area contributed by atoms with Crippen LogP contribution in [0.1, 0.15) is 11.1 Å². The zero-order chi connectivity index (χ0) is 8.55. The molecule has 0 bridgehead atoms. The quantitative estimate of drug-likeness (QED) is 0.633. The Balaban J connectivity index is 2.88. The van der Waals surface area contributed by atoms with E-state index in [0.29, 0.717) is 0 Å². The van der Waals surface area contributed by atoms with Gasteiger partial charge >= 0.3 is 0 Å². The topological polar surface area (TPSA) is 30.2 Å². The molecule has 0 radical (unpaired) electrons. The Morgan fingerprint density at radius 3 is 3.17 bits per heavy atom. The van der Waals surface area contributed by atoms with E-state index in [-0.39, 0.29) is 0 Å². The van der Waals surface area contributed by atoms with Crippen molar-refractivity contribution in [3.63, 3.8) is 0 Å². The van der Waals surface area contributed by atoms with Crippen LogP contribution in [0, 0.1) is 6.92 Å². The van der Waals surface area contributed by atoms with Crippen molar-refractivity contribution >= 4 is 11.7 Å². The number of aromatic nitrogens is 3. The second-order valence-electron chi connectivity index (χ2n) is 2.71. The molecule has 0 spiro atoms. The summed E-state index contributed by atoms with van der Waals surface area (Å²) in [6, 6.07) is 2.04. The molecule has 0 saturated heterocycles. The number of rotatable bonds is 1. The van der Waals surface area contributed by atoms with E-state index in [1.807, 2.05) is 19.2 Å². The van der Waals surface area contributed by atoms with Gasteiger partial charge in [0.1, 0.15) is 6.33 Å². The molecule has 2 heterocycles. The Morgan fingerprint density at radius 2 is 2.42 bits per heavy atom. The van der Waals surface area contributed by atoms with Crippen molar-refractivity contribution in [1.29, 1.82) is 0 Å². The van der Waals surface area contributed by atoms with Gasteiger partial charge in [-0.3, -0.25) is 0 Å². The van der Waals surface area contributed by atoms with Crippen LogP contribution in [-0.4, -0.2) is 14.6 Å². The fourth-order valence-electron chi connectivity index (χ4n) is 1.24. The van der Waals surface area contributed by atoms with E-state index in [9.17, 15) is 0 Å². The summed E-state index contributed by atoms with van der Waals surface area (Å²) in [4.78, 5) is 4.11. The van der Waals surface area contributed by atoms with Gasteiger partial charge < -0.3 is 0 Å². The molecular formula is C9H9N3. The summed E-state index contributed by atoms with van der Waals surface area (Å²) in [5, 5.41) is 4.05. The summed E-state index contributed by atoms with van der Waals surface area (Å²) in [5.41, 5.74) is 3.03. The van der Waals surface area contributed by atoms with E-state index in [2.05, 4.69) is 16.7 Å². The molecule has 0 atom stereocenters. The molecule has 0 aliphatic heterocycles. The van der Waals surface area contributed by atoms with Crippen LogP contribution >= 0.6 is 0 Å². The number of nitrogens with zero attached hydrogens (tertiary/aromatic N) is 3. The molecule has 12 heavy (non-hydrogen) atoms. The van der Waals surface area contributed by atoms with Crippen LogP contribution in [0.25, 0.3) is 11.7 Å². The minimum Gasteiger partial charge on any atom is -0.220 e. The summed E-state index contributed by atoms with van der Waals surface area (Å²) in [6.07, 6.45) is 5.27. The molecule has 2 aromatic rings. The van der Waals surface area contributed by atoms with Gasteiger partial charge in [-0.25, -0.2) is 9.50 Å². The van der Waals surface area contributed by atoms with E-state index in [1.165, 1.54) is 0 Å². The summed E-state index contributed by atoms with van der Waals surface area (Å²) in [6.45, 7) is 5.74. The lowest BCUT2D eigenvalue weighted by Crippen LogP contribution is -1.91. The number of hydrogen-bond acceptors (Lipinski definition) is 2. The number of fused-ring (bicyclic) bond motifs is 1. The molecule has 3 nitrogen and oxygen atoms in total. The largest absolute Gasteiger partial charge is 0.220 e. The highest BCUT2D eigenvalue weighted by molar-refractivity contribution is 5.64. The molecular weight excluding hydrogens is 150 g/mol. The maximum absolute atomic E-state index is 4.11. The van der Waals surface area contributed by atoms with Crippen LogP contribution < -0.4 is 0 Å². The molecule has 60 valence electrons. The van der Waals surface area contributed by atoms with Gasteiger partial charge in [-0.05, 0) is 18.6 Å². The van der Waals surface area contributed by atoms with Gasteiger partial charge in [-0.2, -0.15) is 5.10 Å². The highest BCUT2D eigenvalue weighted by atomic mass is 15.3. The first kappa shape index (κ1) is 7.03. The summed E-state index contributed by atoms with van der Waals surface area (Å²) in [7, 11) is 0. The first-order chi connectivity index (χ1) is 5.81. The van der Waals surface area contributed by atoms with Crippen molar-refractivity contribution in [2.75, 3.05) is 0 Å². The molecule has 0 saturated carbocycles. The maximum atomic E-state index is 4.11. The SMILES string of the molecule is C=Cc1cc(C)cn2ncnc12. The van der Waals surface area contributed by atoms with Crippen molar-refractivity contribution < 1.29 is 0 Å². The van der Waals surface area contributed by atoms with E-state index in [4.69, 9.17) is 0 Å². The van der Waals surface area contributed by atoms with Crippen molar-refractivity contribution in [3.8, 4) is 0 Å². The minimum absolute atomic E-state index is 0.857. The van der Waals surface area contributed by atoms with Crippen molar-refractivity contribution in [2.45, 2.75) is 6.92 Å². The number of pyridine rings is 1. The first-order valence-corrected chi connectivity index (χ1v) is 3.73. The van der Waals surface area contributed by atoms with Gasteiger partial charge in [0.15, 0.2) is 5.65 Å². The van der Waals surface area contributed by atoms with Crippen LogP contribution in [0.2, 0.25) is 0 Å². The smallest absolute Gasteiger partial charge is 0.162 e. The van der Waals surface area contributed by atoms with Crippen LogP contribution in [0.15, 0.2) is 25.2 Å². The number of aryl methyl sites for hydroxylation is 1. The van der Waals surface area contributed by atoms with Crippen LogP contribution in [-0.2, 0) is 0 Å². The normalized spacial score (nSPS) is 10.4. The van der Waals surface area contributed by atoms with Crippen LogP contribution in [0.4, 0.5) is 0 Å². The molecule has 3 heteroatoms. The second-order valence-corrected chi connectivity index (χ2v) is 2.71. The second kappa shape index (κ2) is 2.44. The average molecular weight is 159 g/mol. The van der Waals surface area contributed by atoms with Gasteiger partial charge in [0.25, 0.3) is 0 Å². The number of hydrogen-bond donors (Lipinski definition) is 0. The molecule has 0 aliphatic carbocycles. The van der Waals surface area contributed by atoms with Gasteiger partial charge in [0, 0.05) is 11.8 Å². The van der Waals surface area contributed by atoms with Gasteiger partial charge in [-0.1, -0.05) is 12.7 Å². The summed E-state index contributed by atoms with van der Waals surface area (Å²) < 4.78 is 1.76. The van der Waals surface area contributed by atoms with Gasteiger partial charge in [-0.15, -0.1) is 0 Å². The van der Waals surface area contributed by atoms with E-state index >= 15 is 0 Å². The Hall–Kier alpha value is -1.64. The molecule has 0 amide bonds. The first-order valence-electron chi connectivity index (χ1n) is 3.73. The molecule has 0 aromatic carbocycles. The molecule has 0 aliphatic rings. The van der Waals surface area contributed by atoms with Gasteiger partial charge in [0.05, 0.1) is 0 Å². The summed E-state index contributed by atoms with van der Waals surface area (Å²) >= 11 is 0. The Kier molecular flexibility index (Phi) is 1.43. The maximum Gasteiger partial charge on any atom is 0.162 e. The van der Waals surface area contributed by atoms with Crippen LogP contribution in [0.5, 0.6) is 0 Å². The molecule has 0 fully saturated rings. The highest BCUT2D eigenvalue weighted by Gasteiger charge is 2.00. The van der Waals surface area contributed by atoms with E-state index in [0.717, 1.165) is 16.8 Å².